The smallest absolute Gasteiger partial charge is 0.0239 e. The maximum atomic E-state index is 2.36. The summed E-state index contributed by atoms with van der Waals surface area (Å²) < 4.78 is 0. The van der Waals surface area contributed by atoms with Crippen LogP contribution in [0.3, 0.4) is 0 Å². The van der Waals surface area contributed by atoms with Gasteiger partial charge in [0.05, 0.1) is 0 Å². The summed E-state index contributed by atoms with van der Waals surface area (Å²) in [5.74, 6) is 0.826. The van der Waals surface area contributed by atoms with Crippen LogP contribution in [0.15, 0.2) is 12.2 Å². The summed E-state index contributed by atoms with van der Waals surface area (Å²) in [6.45, 7) is 6.73. The van der Waals surface area contributed by atoms with E-state index in [9.17, 15) is 0 Å². The fraction of sp³-hybridized carbons (Fsp3) is 0.800. The van der Waals surface area contributed by atoms with E-state index >= 15 is 0 Å². The van der Waals surface area contributed by atoms with E-state index in [1.807, 2.05) is 0 Å². The van der Waals surface area contributed by atoms with Crippen LogP contribution in [0.25, 0.3) is 0 Å². The second-order valence-electron chi connectivity index (χ2n) is 2.79. The molecular weight excluding hydrogens is 120 g/mol. The maximum absolute atomic E-state index is 2.36. The van der Waals surface area contributed by atoms with E-state index < -0.39 is 0 Å². The maximum Gasteiger partial charge on any atom is -0.0239 e. The molecule has 10 heavy (non-hydrogen) atoms. The Balaban J connectivity index is 3.40. The highest BCUT2D eigenvalue weighted by Gasteiger charge is 1.94. The topological polar surface area (TPSA) is 0 Å². The average molecular weight is 140 g/mol. The number of rotatable bonds is 5. The van der Waals surface area contributed by atoms with Gasteiger partial charge in [-0.1, -0.05) is 39.3 Å². The molecule has 0 bridgehead atoms. The average Bonchev–Trinajstić information content (AvgIpc) is 1.99. The van der Waals surface area contributed by atoms with Crippen molar-refractivity contribution in [2.75, 3.05) is 0 Å². The Morgan fingerprint density at radius 3 is 2.10 bits per heavy atom. The van der Waals surface area contributed by atoms with Crippen LogP contribution in [0.2, 0.25) is 0 Å². The molecule has 60 valence electrons. The molecule has 0 heterocycles. The summed E-state index contributed by atoms with van der Waals surface area (Å²) in [7, 11) is 0. The highest BCUT2D eigenvalue weighted by molar-refractivity contribution is 4.86. The van der Waals surface area contributed by atoms with Gasteiger partial charge in [0, 0.05) is 0 Å². The van der Waals surface area contributed by atoms with Crippen LogP contribution in [-0.2, 0) is 0 Å². The fourth-order valence-corrected chi connectivity index (χ4v) is 1.02. The lowest BCUT2D eigenvalue weighted by molar-refractivity contribution is 0.604. The van der Waals surface area contributed by atoms with Gasteiger partial charge in [0.2, 0.25) is 0 Å². The molecule has 0 spiro atoms. The van der Waals surface area contributed by atoms with E-state index in [2.05, 4.69) is 32.9 Å². The molecule has 0 saturated heterocycles. The van der Waals surface area contributed by atoms with Crippen LogP contribution in [0.4, 0.5) is 0 Å². The molecule has 0 radical (unpaired) electrons. The summed E-state index contributed by atoms with van der Waals surface area (Å²) in [4.78, 5) is 0. The predicted molar refractivity (Wildman–Crippen MR) is 48.1 cm³/mol. The third-order valence-corrected chi connectivity index (χ3v) is 1.91. The lowest BCUT2D eigenvalue weighted by atomic mass is 10.0. The Hall–Kier alpha value is -0.260. The molecule has 0 aromatic heterocycles. The molecule has 0 saturated carbocycles. The van der Waals surface area contributed by atoms with E-state index in [0.29, 0.717) is 0 Å². The highest BCUT2D eigenvalue weighted by atomic mass is 14.0. The Kier molecular flexibility index (Phi) is 6.68. The number of hydrogen-bond acceptors (Lipinski definition) is 0. The van der Waals surface area contributed by atoms with Gasteiger partial charge < -0.3 is 0 Å². The summed E-state index contributed by atoms with van der Waals surface area (Å²) in [5, 5.41) is 0. The Labute approximate surface area is 65.3 Å². The molecule has 0 nitrogen and oxygen atoms in total. The number of unbranched alkanes of at least 4 members (excludes halogenated alkanes) is 1. The molecule has 0 aliphatic carbocycles. The summed E-state index contributed by atoms with van der Waals surface area (Å²) >= 11 is 0. The van der Waals surface area contributed by atoms with Gasteiger partial charge >= 0.3 is 0 Å². The minimum absolute atomic E-state index is 0.826. The molecule has 0 aromatic rings. The van der Waals surface area contributed by atoms with Crippen molar-refractivity contribution in [1.29, 1.82) is 0 Å². The van der Waals surface area contributed by atoms with E-state index in [4.69, 9.17) is 0 Å². The van der Waals surface area contributed by atoms with Crippen LogP contribution in [0, 0.1) is 5.92 Å². The Morgan fingerprint density at radius 2 is 1.70 bits per heavy atom. The minimum Gasteiger partial charge on any atom is -0.0883 e. The molecule has 0 fully saturated rings. The van der Waals surface area contributed by atoms with Gasteiger partial charge in [-0.05, 0) is 25.2 Å². The van der Waals surface area contributed by atoms with Crippen molar-refractivity contribution in [2.24, 2.45) is 5.92 Å². The van der Waals surface area contributed by atoms with Crippen LogP contribution in [0.5, 0.6) is 0 Å². The van der Waals surface area contributed by atoms with E-state index in [1.54, 1.807) is 0 Å². The fourth-order valence-electron chi connectivity index (χ4n) is 1.02. The van der Waals surface area contributed by atoms with Crippen LogP contribution >= 0.6 is 0 Å². The molecule has 0 N–H and O–H groups in total. The van der Waals surface area contributed by atoms with Gasteiger partial charge in [-0.25, -0.2) is 0 Å². The first kappa shape index (κ1) is 9.74. The Bertz CT molecular complexity index is 78.0. The summed E-state index contributed by atoms with van der Waals surface area (Å²) in [5.41, 5.74) is 0. The lowest BCUT2D eigenvalue weighted by Gasteiger charge is -2.03. The molecule has 0 unspecified atom stereocenters. The second kappa shape index (κ2) is 6.85. The van der Waals surface area contributed by atoms with Crippen molar-refractivity contribution in [3.05, 3.63) is 12.2 Å². The number of hydrogen-bond donors (Lipinski definition) is 0. The lowest BCUT2D eigenvalue weighted by Crippen LogP contribution is -1.89. The normalized spacial score (nSPS) is 11.6. The standard InChI is InChI=1S/C10H20/c1-4-7-8-9-10(5-2)6-3/h8-10H,4-7H2,1-3H3. The van der Waals surface area contributed by atoms with Crippen molar-refractivity contribution in [3.63, 3.8) is 0 Å². The van der Waals surface area contributed by atoms with Crippen molar-refractivity contribution in [2.45, 2.75) is 46.5 Å². The van der Waals surface area contributed by atoms with Gasteiger partial charge in [0.15, 0.2) is 0 Å². The zero-order valence-corrected chi connectivity index (χ0v) is 7.56. The third kappa shape index (κ3) is 4.60. The van der Waals surface area contributed by atoms with Crippen molar-refractivity contribution in [1.82, 2.24) is 0 Å². The van der Waals surface area contributed by atoms with E-state index in [1.165, 1.54) is 25.7 Å². The molecule has 0 rings (SSSR count). The van der Waals surface area contributed by atoms with E-state index in [0.717, 1.165) is 5.92 Å². The zero-order chi connectivity index (χ0) is 7.82. The van der Waals surface area contributed by atoms with Crippen molar-refractivity contribution in [3.8, 4) is 0 Å². The van der Waals surface area contributed by atoms with Crippen molar-refractivity contribution >= 4 is 0 Å². The monoisotopic (exact) mass is 140 g/mol. The van der Waals surface area contributed by atoms with Crippen LogP contribution in [-0.4, -0.2) is 0 Å². The molecular formula is C10H20. The first-order valence-corrected chi connectivity index (χ1v) is 4.51. The largest absolute Gasteiger partial charge is 0.0883 e. The summed E-state index contributed by atoms with van der Waals surface area (Å²) in [6.07, 6.45) is 9.78. The van der Waals surface area contributed by atoms with Gasteiger partial charge in [-0.15, -0.1) is 0 Å². The quantitative estimate of drug-likeness (QED) is 0.510. The Morgan fingerprint density at radius 1 is 1.10 bits per heavy atom. The molecule has 0 amide bonds. The molecule has 0 atom stereocenters. The molecule has 0 aromatic carbocycles. The van der Waals surface area contributed by atoms with Gasteiger partial charge in [0.1, 0.15) is 0 Å². The van der Waals surface area contributed by atoms with Crippen LogP contribution in [0.1, 0.15) is 46.5 Å². The zero-order valence-electron chi connectivity index (χ0n) is 7.56. The molecule has 0 heteroatoms. The first-order valence-electron chi connectivity index (χ1n) is 4.51. The van der Waals surface area contributed by atoms with Gasteiger partial charge in [0.25, 0.3) is 0 Å². The van der Waals surface area contributed by atoms with E-state index in [-0.39, 0.29) is 0 Å². The van der Waals surface area contributed by atoms with Crippen molar-refractivity contribution < 1.29 is 0 Å². The molecule has 0 aliphatic heterocycles. The predicted octanol–water partition coefficient (Wildman–Crippen LogP) is 3.78. The third-order valence-electron chi connectivity index (χ3n) is 1.91. The SMILES string of the molecule is CCCC=CC(CC)CC. The molecule has 0 aliphatic rings. The summed E-state index contributed by atoms with van der Waals surface area (Å²) in [6, 6.07) is 0. The van der Waals surface area contributed by atoms with Crippen LogP contribution < -0.4 is 0 Å². The van der Waals surface area contributed by atoms with Gasteiger partial charge in [-0.3, -0.25) is 0 Å². The first-order chi connectivity index (χ1) is 4.85. The minimum atomic E-state index is 0.826. The second-order valence-corrected chi connectivity index (χ2v) is 2.79. The van der Waals surface area contributed by atoms with Gasteiger partial charge in [-0.2, -0.15) is 0 Å². The number of allylic oxidation sites excluding steroid dienone is 2. The highest BCUT2D eigenvalue weighted by Crippen LogP contribution is 2.09.